The van der Waals surface area contributed by atoms with E-state index < -0.39 is 0 Å². The monoisotopic (exact) mass is 366 g/mol. The molecule has 1 aliphatic rings. The zero-order chi connectivity index (χ0) is 15.8. The molecule has 0 bridgehead atoms. The van der Waals surface area contributed by atoms with E-state index in [9.17, 15) is 4.79 Å². The summed E-state index contributed by atoms with van der Waals surface area (Å²) in [5.74, 6) is 0.573. The summed E-state index contributed by atoms with van der Waals surface area (Å²) in [7, 11) is 0. The van der Waals surface area contributed by atoms with Gasteiger partial charge in [0.15, 0.2) is 0 Å². The molecule has 1 unspecified atom stereocenters. The van der Waals surface area contributed by atoms with Crippen LogP contribution < -0.4 is 4.46 Å². The van der Waals surface area contributed by atoms with Crippen molar-refractivity contribution in [1.82, 2.24) is 0 Å². The quantitative estimate of drug-likeness (QED) is 0.404. The van der Waals surface area contributed by atoms with Crippen LogP contribution in [-0.4, -0.2) is 33.6 Å². The molecule has 1 aromatic carbocycles. The predicted octanol–water partition coefficient (Wildman–Crippen LogP) is 3.01. The van der Waals surface area contributed by atoms with Crippen molar-refractivity contribution in [3.8, 4) is 0 Å². The summed E-state index contributed by atoms with van der Waals surface area (Å²) in [5, 5.41) is 0.970. The van der Waals surface area contributed by atoms with Gasteiger partial charge in [-0.05, 0) is 0 Å². The Hall–Kier alpha value is -1.51. The first kappa shape index (κ1) is 16.9. The molecule has 0 spiro atoms. The van der Waals surface area contributed by atoms with Crippen LogP contribution in [0.4, 0.5) is 0 Å². The van der Waals surface area contributed by atoms with E-state index in [1.807, 2.05) is 19.1 Å². The summed E-state index contributed by atoms with van der Waals surface area (Å²) in [6.07, 6.45) is 4.15. The van der Waals surface area contributed by atoms with E-state index in [0.29, 0.717) is 28.0 Å². The number of allylic oxidation sites excluding steroid dienone is 2. The number of hydrogen-bond donors (Lipinski definition) is 0. The van der Waals surface area contributed by atoms with Crippen LogP contribution in [0.5, 0.6) is 0 Å². The molecule has 1 atom stereocenters. The maximum absolute atomic E-state index is 12.1. The van der Waals surface area contributed by atoms with Gasteiger partial charge in [-0.3, -0.25) is 0 Å². The van der Waals surface area contributed by atoms with Gasteiger partial charge in [-0.2, -0.15) is 0 Å². The Labute approximate surface area is 138 Å². The summed E-state index contributed by atoms with van der Waals surface area (Å²) >= 11 is 0.361. The van der Waals surface area contributed by atoms with Crippen molar-refractivity contribution in [1.29, 1.82) is 0 Å². The fourth-order valence-electron chi connectivity index (χ4n) is 2.31. The Kier molecular flexibility index (Phi) is 6.75. The minimum absolute atomic E-state index is 0.0967. The van der Waals surface area contributed by atoms with Gasteiger partial charge >= 0.3 is 138 Å². The van der Waals surface area contributed by atoms with E-state index in [1.165, 1.54) is 4.46 Å². The van der Waals surface area contributed by atoms with Gasteiger partial charge in [-0.25, -0.2) is 0 Å². The fraction of sp³-hybridized carbons (Fsp3) is 0.389. The molecule has 0 amide bonds. The number of rotatable bonds is 8. The second-order valence-electron chi connectivity index (χ2n) is 5.02. The molecule has 0 N–H and O–H groups in total. The molecule has 1 heterocycles. The number of hydrogen-bond acceptors (Lipinski definition) is 3. The van der Waals surface area contributed by atoms with Crippen molar-refractivity contribution < 1.29 is 14.3 Å². The molecule has 0 saturated carbocycles. The summed E-state index contributed by atoms with van der Waals surface area (Å²) in [4.78, 5) is 12.1. The van der Waals surface area contributed by atoms with Gasteiger partial charge in [0.25, 0.3) is 0 Å². The molecule has 1 aromatic rings. The molecule has 4 heteroatoms. The van der Waals surface area contributed by atoms with Crippen LogP contribution in [0.25, 0.3) is 0 Å². The third-order valence-electron chi connectivity index (χ3n) is 3.35. The first-order valence-corrected chi connectivity index (χ1v) is 9.66. The SMILES string of the molecule is C=CCCC1=C(C(=O)OCC)CC(C[Se]c2ccccc2)O1. The molecule has 118 valence electrons. The Morgan fingerprint density at radius 2 is 2.23 bits per heavy atom. The van der Waals surface area contributed by atoms with Crippen molar-refractivity contribution in [3.63, 3.8) is 0 Å². The Morgan fingerprint density at radius 1 is 1.45 bits per heavy atom. The van der Waals surface area contributed by atoms with Crippen molar-refractivity contribution in [3.05, 3.63) is 54.3 Å². The van der Waals surface area contributed by atoms with Crippen LogP contribution in [-0.2, 0) is 14.3 Å². The minimum atomic E-state index is -0.226. The molecular weight excluding hydrogens is 343 g/mol. The molecule has 22 heavy (non-hydrogen) atoms. The van der Waals surface area contributed by atoms with E-state index in [4.69, 9.17) is 9.47 Å². The van der Waals surface area contributed by atoms with Gasteiger partial charge < -0.3 is 0 Å². The average Bonchev–Trinajstić information content (AvgIpc) is 2.95. The van der Waals surface area contributed by atoms with Crippen LogP contribution in [0.1, 0.15) is 26.2 Å². The number of benzene rings is 1. The maximum atomic E-state index is 12.1. The molecule has 0 aromatic heterocycles. The van der Waals surface area contributed by atoms with Gasteiger partial charge in [0.2, 0.25) is 0 Å². The summed E-state index contributed by atoms with van der Waals surface area (Å²) < 4.78 is 12.5. The van der Waals surface area contributed by atoms with Crippen LogP contribution in [0, 0.1) is 0 Å². The Balaban J connectivity index is 1.94. The summed E-state index contributed by atoms with van der Waals surface area (Å²) in [6, 6.07) is 10.4. The standard InChI is InChI=1S/C18H22O3Se/c1-3-5-11-17-16(18(19)20-4-2)12-14(21-17)13-22-15-9-7-6-8-10-15/h3,6-10,14H,1,4-5,11-13H2,2H3. The summed E-state index contributed by atoms with van der Waals surface area (Å²) in [6.45, 7) is 5.96. The molecule has 1 aliphatic heterocycles. The van der Waals surface area contributed by atoms with Crippen LogP contribution in [0.3, 0.4) is 0 Å². The molecular formula is C18H22O3Se. The van der Waals surface area contributed by atoms with E-state index >= 15 is 0 Å². The molecule has 0 saturated heterocycles. The Morgan fingerprint density at radius 3 is 2.91 bits per heavy atom. The van der Waals surface area contributed by atoms with Crippen LogP contribution in [0.2, 0.25) is 5.32 Å². The first-order chi connectivity index (χ1) is 10.7. The molecule has 3 nitrogen and oxygen atoms in total. The molecule has 0 aliphatic carbocycles. The number of carbonyl (C=O) groups excluding carboxylic acids is 1. The molecule has 2 rings (SSSR count). The molecule has 0 fully saturated rings. The van der Waals surface area contributed by atoms with Gasteiger partial charge in [0.1, 0.15) is 0 Å². The van der Waals surface area contributed by atoms with Crippen molar-refractivity contribution in [2.24, 2.45) is 0 Å². The number of carbonyl (C=O) groups is 1. The first-order valence-electron chi connectivity index (χ1n) is 7.59. The predicted molar refractivity (Wildman–Crippen MR) is 89.2 cm³/mol. The topological polar surface area (TPSA) is 35.5 Å². The Bertz CT molecular complexity index is 537. The van der Waals surface area contributed by atoms with Crippen LogP contribution in [0.15, 0.2) is 54.3 Å². The van der Waals surface area contributed by atoms with E-state index in [-0.39, 0.29) is 12.1 Å². The average molecular weight is 365 g/mol. The van der Waals surface area contributed by atoms with Gasteiger partial charge in [-0.1, -0.05) is 0 Å². The fourth-order valence-corrected chi connectivity index (χ4v) is 4.23. The number of esters is 1. The van der Waals surface area contributed by atoms with Gasteiger partial charge in [-0.15, -0.1) is 0 Å². The normalized spacial score (nSPS) is 17.2. The van der Waals surface area contributed by atoms with Crippen molar-refractivity contribution in [2.75, 3.05) is 6.61 Å². The second kappa shape index (κ2) is 8.82. The third kappa shape index (κ3) is 4.75. The van der Waals surface area contributed by atoms with Crippen molar-refractivity contribution >= 4 is 25.4 Å². The second-order valence-corrected chi connectivity index (χ2v) is 7.31. The molecule has 0 radical (unpaired) electrons. The van der Waals surface area contributed by atoms with Gasteiger partial charge in [0.05, 0.1) is 0 Å². The third-order valence-corrected chi connectivity index (χ3v) is 5.75. The number of ether oxygens (including phenoxy) is 2. The zero-order valence-corrected chi connectivity index (χ0v) is 14.6. The van der Waals surface area contributed by atoms with Crippen LogP contribution >= 0.6 is 0 Å². The summed E-state index contributed by atoms with van der Waals surface area (Å²) in [5.41, 5.74) is 0.720. The van der Waals surface area contributed by atoms with E-state index in [0.717, 1.165) is 29.5 Å². The van der Waals surface area contributed by atoms with E-state index in [2.05, 4.69) is 30.8 Å². The van der Waals surface area contributed by atoms with Crippen molar-refractivity contribution in [2.45, 2.75) is 37.6 Å². The zero-order valence-electron chi connectivity index (χ0n) is 12.9. The van der Waals surface area contributed by atoms with Gasteiger partial charge in [0, 0.05) is 0 Å². The van der Waals surface area contributed by atoms with E-state index in [1.54, 1.807) is 0 Å².